The number of methoxy groups -OCH3 is 1. The summed E-state index contributed by atoms with van der Waals surface area (Å²) in [5.74, 6) is 1.31. The van der Waals surface area contributed by atoms with Gasteiger partial charge in [-0.05, 0) is 44.1 Å². The van der Waals surface area contributed by atoms with Crippen LogP contribution in [0.1, 0.15) is 25.7 Å². The third-order valence-electron chi connectivity index (χ3n) is 4.40. The van der Waals surface area contributed by atoms with Gasteiger partial charge in [-0.3, -0.25) is 4.90 Å². The molecule has 0 amide bonds. The first-order chi connectivity index (χ1) is 8.85. The van der Waals surface area contributed by atoms with E-state index >= 15 is 0 Å². The summed E-state index contributed by atoms with van der Waals surface area (Å²) in [4.78, 5) is 2.59. The van der Waals surface area contributed by atoms with Crippen LogP contribution in [0.15, 0.2) is 0 Å². The van der Waals surface area contributed by atoms with E-state index in [0.29, 0.717) is 17.9 Å². The summed E-state index contributed by atoms with van der Waals surface area (Å²) >= 11 is 0. The standard InChI is InChI=1S/C14H28N2O2/c1-17-10-12-4-2-6-16(9-12)14(8-15)13-5-3-7-18-11-13/h12-14H,2-11,15H2,1H3. The van der Waals surface area contributed by atoms with E-state index in [1.165, 1.54) is 32.2 Å². The van der Waals surface area contributed by atoms with E-state index in [2.05, 4.69) is 4.90 Å². The van der Waals surface area contributed by atoms with Gasteiger partial charge in [0.1, 0.15) is 0 Å². The quantitative estimate of drug-likeness (QED) is 0.800. The minimum absolute atomic E-state index is 0.505. The van der Waals surface area contributed by atoms with Crippen LogP contribution in [0.2, 0.25) is 0 Å². The van der Waals surface area contributed by atoms with Crippen molar-refractivity contribution in [2.24, 2.45) is 17.6 Å². The Kier molecular flexibility index (Phi) is 5.89. The average molecular weight is 256 g/mol. The second-order valence-corrected chi connectivity index (χ2v) is 5.74. The maximum Gasteiger partial charge on any atom is 0.0509 e. The van der Waals surface area contributed by atoms with Crippen molar-refractivity contribution in [1.82, 2.24) is 4.90 Å². The lowest BCUT2D eigenvalue weighted by Gasteiger charge is -2.42. The van der Waals surface area contributed by atoms with E-state index in [9.17, 15) is 0 Å². The zero-order valence-corrected chi connectivity index (χ0v) is 11.6. The van der Waals surface area contributed by atoms with Crippen LogP contribution in [0.5, 0.6) is 0 Å². The van der Waals surface area contributed by atoms with Gasteiger partial charge in [0.05, 0.1) is 13.2 Å². The average Bonchev–Trinajstić information content (AvgIpc) is 2.42. The third kappa shape index (κ3) is 3.67. The van der Waals surface area contributed by atoms with Gasteiger partial charge in [-0.15, -0.1) is 0 Å². The highest BCUT2D eigenvalue weighted by Gasteiger charge is 2.31. The molecular weight excluding hydrogens is 228 g/mol. The number of nitrogens with two attached hydrogens (primary N) is 1. The molecule has 18 heavy (non-hydrogen) atoms. The Bertz CT molecular complexity index is 230. The van der Waals surface area contributed by atoms with Crippen molar-refractivity contribution in [1.29, 1.82) is 0 Å². The second-order valence-electron chi connectivity index (χ2n) is 5.74. The predicted molar refractivity (Wildman–Crippen MR) is 72.6 cm³/mol. The molecule has 0 bridgehead atoms. The van der Waals surface area contributed by atoms with Gasteiger partial charge in [-0.1, -0.05) is 0 Å². The van der Waals surface area contributed by atoms with Crippen LogP contribution in [0, 0.1) is 11.8 Å². The molecule has 0 saturated carbocycles. The van der Waals surface area contributed by atoms with Gasteiger partial charge in [-0.25, -0.2) is 0 Å². The first-order valence-corrected chi connectivity index (χ1v) is 7.36. The zero-order chi connectivity index (χ0) is 12.8. The number of hydrogen-bond acceptors (Lipinski definition) is 4. The molecule has 4 nitrogen and oxygen atoms in total. The molecular formula is C14H28N2O2. The Morgan fingerprint density at radius 1 is 1.39 bits per heavy atom. The maximum absolute atomic E-state index is 6.03. The monoisotopic (exact) mass is 256 g/mol. The lowest BCUT2D eigenvalue weighted by molar-refractivity contribution is -0.00691. The Balaban J connectivity index is 1.89. The number of nitrogens with zero attached hydrogens (tertiary/aromatic N) is 1. The molecule has 0 aliphatic carbocycles. The van der Waals surface area contributed by atoms with E-state index in [1.807, 2.05) is 0 Å². The number of rotatable bonds is 5. The molecule has 2 rings (SSSR count). The lowest BCUT2D eigenvalue weighted by atomic mass is 9.89. The maximum atomic E-state index is 6.03. The third-order valence-corrected chi connectivity index (χ3v) is 4.40. The smallest absolute Gasteiger partial charge is 0.0509 e. The van der Waals surface area contributed by atoms with Crippen LogP contribution in [-0.4, -0.2) is 57.5 Å². The topological polar surface area (TPSA) is 47.7 Å². The highest BCUT2D eigenvalue weighted by atomic mass is 16.5. The molecule has 0 aromatic carbocycles. The number of likely N-dealkylation sites (tertiary alicyclic amines) is 1. The fourth-order valence-corrected chi connectivity index (χ4v) is 3.48. The second kappa shape index (κ2) is 7.43. The predicted octanol–water partition coefficient (Wildman–Crippen LogP) is 1.10. The fourth-order valence-electron chi connectivity index (χ4n) is 3.48. The van der Waals surface area contributed by atoms with Crippen LogP contribution in [0.3, 0.4) is 0 Å². The molecule has 0 aromatic heterocycles. The summed E-state index contributed by atoms with van der Waals surface area (Å²) in [6, 6.07) is 0.505. The van der Waals surface area contributed by atoms with Crippen LogP contribution >= 0.6 is 0 Å². The number of ether oxygens (including phenoxy) is 2. The molecule has 3 atom stereocenters. The Morgan fingerprint density at radius 3 is 2.94 bits per heavy atom. The molecule has 2 heterocycles. The van der Waals surface area contributed by atoms with Gasteiger partial charge in [0, 0.05) is 32.8 Å². The highest BCUT2D eigenvalue weighted by Crippen LogP contribution is 2.25. The molecule has 2 aliphatic heterocycles. The normalized spacial score (nSPS) is 32.3. The summed E-state index contributed by atoms with van der Waals surface area (Å²) in [6.45, 7) is 5.81. The Hall–Kier alpha value is -0.160. The minimum Gasteiger partial charge on any atom is -0.384 e. The zero-order valence-electron chi connectivity index (χ0n) is 11.6. The molecule has 2 fully saturated rings. The van der Waals surface area contributed by atoms with Crippen molar-refractivity contribution in [2.75, 3.05) is 46.6 Å². The first-order valence-electron chi connectivity index (χ1n) is 7.36. The van der Waals surface area contributed by atoms with Crippen molar-refractivity contribution in [3.05, 3.63) is 0 Å². The largest absolute Gasteiger partial charge is 0.384 e. The molecule has 4 heteroatoms. The summed E-state index contributed by atoms with van der Waals surface area (Å²) in [5.41, 5.74) is 6.03. The van der Waals surface area contributed by atoms with Crippen molar-refractivity contribution < 1.29 is 9.47 Å². The van der Waals surface area contributed by atoms with E-state index in [1.54, 1.807) is 7.11 Å². The summed E-state index contributed by atoms with van der Waals surface area (Å²) in [5, 5.41) is 0. The van der Waals surface area contributed by atoms with E-state index in [-0.39, 0.29) is 0 Å². The molecule has 2 saturated heterocycles. The first kappa shape index (κ1) is 14.3. The van der Waals surface area contributed by atoms with Crippen LogP contribution in [0.4, 0.5) is 0 Å². The van der Waals surface area contributed by atoms with Crippen molar-refractivity contribution in [3.63, 3.8) is 0 Å². The molecule has 2 aliphatic rings. The molecule has 0 radical (unpaired) electrons. The van der Waals surface area contributed by atoms with E-state index in [0.717, 1.165) is 32.9 Å². The van der Waals surface area contributed by atoms with Crippen molar-refractivity contribution in [2.45, 2.75) is 31.7 Å². The van der Waals surface area contributed by atoms with Gasteiger partial charge < -0.3 is 15.2 Å². The summed E-state index contributed by atoms with van der Waals surface area (Å²) in [6.07, 6.45) is 5.03. The highest BCUT2D eigenvalue weighted by molar-refractivity contribution is 4.85. The number of piperidine rings is 1. The minimum atomic E-state index is 0.505. The SMILES string of the molecule is COCC1CCCN(C(CN)C2CCCOC2)C1. The lowest BCUT2D eigenvalue weighted by Crippen LogP contribution is -2.52. The van der Waals surface area contributed by atoms with Gasteiger partial charge >= 0.3 is 0 Å². The van der Waals surface area contributed by atoms with Gasteiger partial charge in [0.25, 0.3) is 0 Å². The Morgan fingerprint density at radius 2 is 2.28 bits per heavy atom. The van der Waals surface area contributed by atoms with Crippen molar-refractivity contribution in [3.8, 4) is 0 Å². The van der Waals surface area contributed by atoms with Crippen molar-refractivity contribution >= 4 is 0 Å². The van der Waals surface area contributed by atoms with Crippen LogP contribution in [0.25, 0.3) is 0 Å². The van der Waals surface area contributed by atoms with Crippen LogP contribution in [-0.2, 0) is 9.47 Å². The summed E-state index contributed by atoms with van der Waals surface area (Å²) < 4.78 is 10.9. The fraction of sp³-hybridized carbons (Fsp3) is 1.00. The molecule has 2 N–H and O–H groups in total. The van der Waals surface area contributed by atoms with Gasteiger partial charge in [-0.2, -0.15) is 0 Å². The van der Waals surface area contributed by atoms with E-state index < -0.39 is 0 Å². The molecule has 106 valence electrons. The van der Waals surface area contributed by atoms with Gasteiger partial charge in [0.2, 0.25) is 0 Å². The molecule has 0 spiro atoms. The number of hydrogen-bond donors (Lipinski definition) is 1. The molecule has 0 aromatic rings. The van der Waals surface area contributed by atoms with E-state index in [4.69, 9.17) is 15.2 Å². The Labute approximate surface area is 111 Å². The van der Waals surface area contributed by atoms with Gasteiger partial charge in [0.15, 0.2) is 0 Å². The van der Waals surface area contributed by atoms with Crippen LogP contribution < -0.4 is 5.73 Å². The molecule has 3 unspecified atom stereocenters. The summed E-state index contributed by atoms with van der Waals surface area (Å²) in [7, 11) is 1.80.